The first kappa shape index (κ1) is 18.3. The molecule has 28 heavy (non-hydrogen) atoms. The Balaban J connectivity index is 1.41. The van der Waals surface area contributed by atoms with Gasteiger partial charge >= 0.3 is 0 Å². The summed E-state index contributed by atoms with van der Waals surface area (Å²) in [6, 6.07) is 10.3. The van der Waals surface area contributed by atoms with Crippen molar-refractivity contribution >= 4 is 28.3 Å². The van der Waals surface area contributed by atoms with Crippen molar-refractivity contribution in [3.05, 3.63) is 48.3 Å². The van der Waals surface area contributed by atoms with Crippen LogP contribution >= 0.6 is 0 Å². The van der Waals surface area contributed by atoms with E-state index in [0.29, 0.717) is 19.5 Å². The molecule has 0 aliphatic carbocycles. The number of benzene rings is 1. The lowest BCUT2D eigenvalue weighted by molar-refractivity contribution is -0.130. The summed E-state index contributed by atoms with van der Waals surface area (Å²) in [4.78, 5) is 19.0. The van der Waals surface area contributed by atoms with E-state index < -0.39 is 0 Å². The molecule has 1 saturated heterocycles. The first-order valence-electron chi connectivity index (χ1n) is 9.58. The van der Waals surface area contributed by atoms with Crippen LogP contribution in [0, 0.1) is 0 Å². The van der Waals surface area contributed by atoms with E-state index in [9.17, 15) is 4.79 Å². The van der Waals surface area contributed by atoms with Gasteiger partial charge in [-0.3, -0.25) is 4.79 Å². The predicted octanol–water partition coefficient (Wildman–Crippen LogP) is 1.93. The molecule has 7 heteroatoms. The van der Waals surface area contributed by atoms with E-state index >= 15 is 0 Å². The number of fused-ring (bicyclic) bond motifs is 1. The van der Waals surface area contributed by atoms with Crippen molar-refractivity contribution in [2.24, 2.45) is 7.05 Å². The molecule has 1 fully saturated rings. The van der Waals surface area contributed by atoms with Gasteiger partial charge in [0.2, 0.25) is 5.91 Å². The first-order chi connectivity index (χ1) is 13.5. The van der Waals surface area contributed by atoms with Gasteiger partial charge in [0.25, 0.3) is 0 Å². The summed E-state index contributed by atoms with van der Waals surface area (Å²) in [7, 11) is 6.01. The molecule has 0 bridgehead atoms. The first-order valence-corrected chi connectivity index (χ1v) is 9.58. The van der Waals surface area contributed by atoms with Crippen molar-refractivity contribution in [2.75, 3.05) is 50.1 Å². The highest BCUT2D eigenvalue weighted by molar-refractivity contribution is 5.89. The lowest BCUT2D eigenvalue weighted by atomic mass is 10.1. The molecule has 0 saturated carbocycles. The normalized spacial score (nSPS) is 14.5. The van der Waals surface area contributed by atoms with E-state index in [-0.39, 0.29) is 5.91 Å². The summed E-state index contributed by atoms with van der Waals surface area (Å²) in [5.74, 6) is 1.05. The third-order valence-corrected chi connectivity index (χ3v) is 5.42. The molecule has 1 aliphatic rings. The monoisotopic (exact) mass is 378 g/mol. The Kier molecular flexibility index (Phi) is 4.90. The van der Waals surface area contributed by atoms with Crippen LogP contribution in [0.25, 0.3) is 10.9 Å². The summed E-state index contributed by atoms with van der Waals surface area (Å²) >= 11 is 0. The van der Waals surface area contributed by atoms with E-state index in [2.05, 4.69) is 38.0 Å². The fourth-order valence-electron chi connectivity index (χ4n) is 3.77. The number of nitrogens with zero attached hydrogens (tertiary/aromatic N) is 6. The molecule has 1 amide bonds. The number of hydrogen-bond donors (Lipinski definition) is 0. The van der Waals surface area contributed by atoms with Crippen LogP contribution in [0.1, 0.15) is 5.56 Å². The van der Waals surface area contributed by atoms with E-state index in [4.69, 9.17) is 0 Å². The Morgan fingerprint density at radius 2 is 1.89 bits per heavy atom. The maximum Gasteiger partial charge on any atom is 0.227 e. The van der Waals surface area contributed by atoms with Crippen LogP contribution in [-0.4, -0.2) is 65.8 Å². The highest BCUT2D eigenvalue weighted by Gasteiger charge is 2.23. The summed E-state index contributed by atoms with van der Waals surface area (Å²) in [6.45, 7) is 2.95. The molecular weight excluding hydrogens is 352 g/mol. The van der Waals surface area contributed by atoms with Crippen LogP contribution < -0.4 is 9.80 Å². The second kappa shape index (κ2) is 7.50. The van der Waals surface area contributed by atoms with Crippen molar-refractivity contribution in [1.82, 2.24) is 19.7 Å². The van der Waals surface area contributed by atoms with Crippen LogP contribution in [0.5, 0.6) is 0 Å². The van der Waals surface area contributed by atoms with Gasteiger partial charge in [0.15, 0.2) is 5.82 Å². The number of piperazine rings is 1. The van der Waals surface area contributed by atoms with Crippen molar-refractivity contribution in [1.29, 1.82) is 0 Å². The zero-order valence-electron chi connectivity index (χ0n) is 16.7. The molecule has 1 aromatic carbocycles. The fourth-order valence-corrected chi connectivity index (χ4v) is 3.77. The fraction of sp³-hybridized carbons (Fsp3) is 0.381. The molecule has 1 aliphatic heterocycles. The molecule has 0 radical (unpaired) electrons. The molecule has 0 unspecified atom stereocenters. The third-order valence-electron chi connectivity index (χ3n) is 5.42. The maximum absolute atomic E-state index is 12.9. The molecule has 0 spiro atoms. The minimum Gasteiger partial charge on any atom is -0.376 e. The van der Waals surface area contributed by atoms with Gasteiger partial charge in [0, 0.05) is 70.5 Å². The lowest BCUT2D eigenvalue weighted by Gasteiger charge is -2.35. The van der Waals surface area contributed by atoms with Crippen LogP contribution in [0.15, 0.2) is 42.7 Å². The van der Waals surface area contributed by atoms with Crippen LogP contribution in [0.3, 0.4) is 0 Å². The van der Waals surface area contributed by atoms with Gasteiger partial charge in [-0.2, -0.15) is 5.10 Å². The molecule has 146 valence electrons. The van der Waals surface area contributed by atoms with Crippen LogP contribution in [0.2, 0.25) is 0 Å². The average molecular weight is 378 g/mol. The minimum absolute atomic E-state index is 0.184. The van der Waals surface area contributed by atoms with E-state index in [1.54, 1.807) is 6.20 Å². The Labute approximate surface area is 165 Å². The Bertz CT molecular complexity index is 987. The molecule has 7 nitrogen and oxygen atoms in total. The van der Waals surface area contributed by atoms with Gasteiger partial charge in [0.05, 0.1) is 18.3 Å². The predicted molar refractivity (Wildman–Crippen MR) is 112 cm³/mol. The van der Waals surface area contributed by atoms with Crippen molar-refractivity contribution in [3.63, 3.8) is 0 Å². The Morgan fingerprint density at radius 3 is 2.64 bits per heavy atom. The zero-order valence-corrected chi connectivity index (χ0v) is 16.7. The number of amides is 1. The van der Waals surface area contributed by atoms with Crippen molar-refractivity contribution < 1.29 is 4.79 Å². The average Bonchev–Trinajstić information content (AvgIpc) is 3.04. The van der Waals surface area contributed by atoms with Gasteiger partial charge < -0.3 is 19.3 Å². The Hall–Kier alpha value is -3.09. The molecule has 0 atom stereocenters. The number of para-hydroxylation sites is 1. The quantitative estimate of drug-likeness (QED) is 0.694. The van der Waals surface area contributed by atoms with E-state index in [1.165, 1.54) is 0 Å². The van der Waals surface area contributed by atoms with Gasteiger partial charge in [-0.05, 0) is 11.6 Å². The van der Waals surface area contributed by atoms with Gasteiger partial charge in [0.1, 0.15) is 0 Å². The molecular formula is C21H26N6O. The summed E-state index contributed by atoms with van der Waals surface area (Å²) in [5, 5.41) is 9.53. The number of carbonyl (C=O) groups is 1. The maximum atomic E-state index is 12.9. The molecule has 0 N–H and O–H groups in total. The number of aryl methyl sites for hydroxylation is 1. The number of anilines is 2. The highest BCUT2D eigenvalue weighted by atomic mass is 16.2. The Morgan fingerprint density at radius 1 is 1.14 bits per heavy atom. The van der Waals surface area contributed by atoms with Gasteiger partial charge in [-0.1, -0.05) is 18.2 Å². The van der Waals surface area contributed by atoms with Crippen LogP contribution in [0.4, 0.5) is 11.5 Å². The standard InChI is InChI=1S/C21H26N6O/c1-24(2)17-13-20(23-22-14-17)26-8-10-27(11-9-26)21(28)12-16-15-25(3)19-7-5-4-6-18(16)19/h4-7,13-15H,8-12H2,1-3H3. The third kappa shape index (κ3) is 3.52. The van der Waals surface area contributed by atoms with E-state index in [1.807, 2.05) is 49.1 Å². The van der Waals surface area contributed by atoms with E-state index in [0.717, 1.165) is 41.1 Å². The largest absolute Gasteiger partial charge is 0.376 e. The van der Waals surface area contributed by atoms with Gasteiger partial charge in [-0.15, -0.1) is 5.10 Å². The molecule has 2 aromatic heterocycles. The summed E-state index contributed by atoms with van der Waals surface area (Å²) in [5.41, 5.74) is 3.28. The second-order valence-electron chi connectivity index (χ2n) is 7.49. The molecule has 3 aromatic rings. The number of carbonyl (C=O) groups excluding carboxylic acids is 1. The smallest absolute Gasteiger partial charge is 0.227 e. The highest BCUT2D eigenvalue weighted by Crippen LogP contribution is 2.22. The molecule has 3 heterocycles. The topological polar surface area (TPSA) is 57.5 Å². The number of aromatic nitrogens is 3. The number of rotatable bonds is 4. The lowest BCUT2D eigenvalue weighted by Crippen LogP contribution is -2.49. The minimum atomic E-state index is 0.184. The van der Waals surface area contributed by atoms with Gasteiger partial charge in [-0.25, -0.2) is 0 Å². The molecule has 4 rings (SSSR count). The summed E-state index contributed by atoms with van der Waals surface area (Å²) in [6.07, 6.45) is 4.27. The second-order valence-corrected chi connectivity index (χ2v) is 7.49. The van der Waals surface area contributed by atoms with Crippen molar-refractivity contribution in [3.8, 4) is 0 Å². The summed E-state index contributed by atoms with van der Waals surface area (Å²) < 4.78 is 2.09. The zero-order chi connectivity index (χ0) is 19.7. The van der Waals surface area contributed by atoms with Crippen molar-refractivity contribution in [2.45, 2.75) is 6.42 Å². The van der Waals surface area contributed by atoms with Crippen LogP contribution in [-0.2, 0) is 18.3 Å². The number of hydrogen-bond acceptors (Lipinski definition) is 5. The SMILES string of the molecule is CN(C)c1cnnc(N2CCN(C(=O)Cc3cn(C)c4ccccc34)CC2)c1.